The van der Waals surface area contributed by atoms with E-state index in [0.29, 0.717) is 37.3 Å². The highest BCUT2D eigenvalue weighted by Crippen LogP contribution is 2.23. The van der Waals surface area contributed by atoms with Crippen LogP contribution in [0.4, 0.5) is 8.78 Å². The number of aromatic nitrogens is 4. The lowest BCUT2D eigenvalue weighted by Gasteiger charge is -2.14. The second-order valence-corrected chi connectivity index (χ2v) is 18.7. The molecular formula is C63H63F2N5O20. The average Bonchev–Trinajstić information content (AvgIpc) is 1.53. The van der Waals surface area contributed by atoms with Crippen LogP contribution in [0.25, 0.3) is 0 Å². The maximum absolute atomic E-state index is 12.9. The zero-order chi connectivity index (χ0) is 66.4. The van der Waals surface area contributed by atoms with Crippen molar-refractivity contribution in [3.05, 3.63) is 243 Å². The van der Waals surface area contributed by atoms with E-state index in [2.05, 4.69) is 19.8 Å². The smallest absolute Gasteiger partial charge is 0.342 e. The number of aromatic amines is 1. The lowest BCUT2D eigenvalue weighted by atomic mass is 10.1. The van der Waals surface area contributed by atoms with Crippen molar-refractivity contribution in [1.82, 2.24) is 24.0 Å². The Labute approximate surface area is 510 Å². The minimum absolute atomic E-state index is 0.0125. The molecule has 0 spiro atoms. The fourth-order valence-electron chi connectivity index (χ4n) is 7.91. The number of benzene rings is 2. The van der Waals surface area contributed by atoms with E-state index in [0.717, 1.165) is 11.1 Å². The van der Waals surface area contributed by atoms with Gasteiger partial charge in [0.05, 0.1) is 50.7 Å². The first kappa shape index (κ1) is 69.4. The van der Waals surface area contributed by atoms with Crippen LogP contribution in [0.5, 0.6) is 23.0 Å². The van der Waals surface area contributed by atoms with Crippen LogP contribution in [0, 0.1) is 11.6 Å². The second kappa shape index (κ2) is 32.9. The molecule has 0 bridgehead atoms. The van der Waals surface area contributed by atoms with E-state index >= 15 is 0 Å². The highest BCUT2D eigenvalue weighted by molar-refractivity contribution is 6.09. The number of ether oxygens (including phenoxy) is 5. The maximum atomic E-state index is 12.9. The number of esters is 3. The van der Waals surface area contributed by atoms with Gasteiger partial charge in [0.1, 0.15) is 34.3 Å². The third-order valence-electron chi connectivity index (χ3n) is 12.6. The summed E-state index contributed by atoms with van der Waals surface area (Å²) in [5, 5.41) is 30.6. The molecule has 0 radical (unpaired) electrons. The molecule has 1 aliphatic rings. The molecule has 27 heteroatoms. The Kier molecular flexibility index (Phi) is 25.4. The molecule has 9 rings (SSSR count). The van der Waals surface area contributed by atoms with Crippen LogP contribution in [0.1, 0.15) is 103 Å². The minimum atomic E-state index is -0.703. The molecule has 0 fully saturated rings. The van der Waals surface area contributed by atoms with Gasteiger partial charge in [-0.1, -0.05) is 24.3 Å². The number of ketones is 2. The summed E-state index contributed by atoms with van der Waals surface area (Å²) in [5.41, 5.74) is -0.284. The normalized spacial score (nSPS) is 11.3. The number of aromatic hydroxyl groups is 2. The number of aryl methyl sites for hydroxylation is 3. The first-order valence-corrected chi connectivity index (χ1v) is 27.1. The molecule has 0 aliphatic carbocycles. The number of carbonyl (C=O) groups is 6. The van der Waals surface area contributed by atoms with Gasteiger partial charge < -0.3 is 71.8 Å². The number of nitrogens with one attached hydrogen (secondary N) is 2. The summed E-state index contributed by atoms with van der Waals surface area (Å²) < 4.78 is 64.8. The van der Waals surface area contributed by atoms with E-state index in [1.807, 2.05) is 0 Å². The van der Waals surface area contributed by atoms with Gasteiger partial charge in [-0.05, 0) is 105 Å². The summed E-state index contributed by atoms with van der Waals surface area (Å²) in [6.45, 7) is 6.06. The van der Waals surface area contributed by atoms with Gasteiger partial charge in [0.2, 0.25) is 11.6 Å². The molecule has 1 aliphatic heterocycles. The molecular weight excluding hydrogens is 1180 g/mol. The number of furan rings is 2. The fourth-order valence-corrected chi connectivity index (χ4v) is 7.91. The van der Waals surface area contributed by atoms with Gasteiger partial charge in [-0.15, -0.1) is 0 Å². The molecule has 25 nitrogen and oxygen atoms in total. The number of nitrogens with zero attached hydrogens (tertiary/aromatic N) is 3. The van der Waals surface area contributed by atoms with Crippen LogP contribution in [0.3, 0.4) is 0 Å². The van der Waals surface area contributed by atoms with Gasteiger partial charge in [-0.3, -0.25) is 33.6 Å². The van der Waals surface area contributed by atoms with Gasteiger partial charge >= 0.3 is 17.9 Å². The summed E-state index contributed by atoms with van der Waals surface area (Å²) in [5.74, 6) is -4.65. The molecule has 7 heterocycles. The number of halogens is 2. The number of pyridine rings is 4. The highest BCUT2D eigenvalue weighted by atomic mass is 19.1. The zero-order valence-electron chi connectivity index (χ0n) is 49.9. The highest BCUT2D eigenvalue weighted by Gasteiger charge is 2.26. The fraction of sp³-hybridized carbons (Fsp3) is 0.238. The molecule has 0 saturated carbocycles. The van der Waals surface area contributed by atoms with Crippen molar-refractivity contribution in [1.29, 1.82) is 0 Å². The van der Waals surface area contributed by atoms with Crippen LogP contribution in [-0.4, -0.2) is 110 Å². The Bertz CT molecular complexity index is 4150. The van der Waals surface area contributed by atoms with Gasteiger partial charge in [0, 0.05) is 71.7 Å². The van der Waals surface area contributed by atoms with Crippen LogP contribution in [0.2, 0.25) is 0 Å². The predicted octanol–water partition coefficient (Wildman–Crippen LogP) is 6.30. The summed E-state index contributed by atoms with van der Waals surface area (Å²) >= 11 is 0. The zero-order valence-corrected chi connectivity index (χ0v) is 49.9. The summed E-state index contributed by atoms with van der Waals surface area (Å²) in [4.78, 5) is 118. The van der Waals surface area contributed by atoms with Crippen molar-refractivity contribution >= 4 is 35.4 Å². The van der Waals surface area contributed by atoms with E-state index in [9.17, 15) is 66.9 Å². The van der Waals surface area contributed by atoms with E-state index in [-0.39, 0.29) is 87.9 Å². The van der Waals surface area contributed by atoms with Crippen molar-refractivity contribution in [2.24, 2.45) is 21.1 Å². The number of rotatable bonds is 16. The van der Waals surface area contributed by atoms with Gasteiger partial charge in [-0.25, -0.2) is 23.2 Å². The Morgan fingerprint density at radius 1 is 0.522 bits per heavy atom. The largest absolute Gasteiger partial charge is 0.503 e. The standard InChI is InChI=1S/C19H16FNO4.C18H14FNO4.C10H13NO4.C8H11NO4.C8H9NO4/c1-21-10-9-15(18(24-2)19(21)23)17(22)16-8-7-14(25-16)11-12-3-5-13(20)6-4-12;1-20-9-8-14(17(22)18(20)23)16(21)15-7-6-13(24-15)10-11-2-4-12(19)5-3-11;1-4-15-10(13)7-5-6-11(2)9(12)8(7)14-3;2*1-2-13-8(12)5-3-4-9-7(11)6(5)10/h3-10H,11H2,1-2H3;2-9,22H,10H2,1H3;5-6H,4H2,1-3H3;10H,2-4H2,1H3,(H,9,11);3-4,10H,2H2,1H3,(H,9,11). The van der Waals surface area contributed by atoms with E-state index in [1.54, 1.807) is 77.3 Å². The molecule has 6 aromatic heterocycles. The average molecular weight is 1250 g/mol. The Balaban J connectivity index is 0.000000211. The third kappa shape index (κ3) is 18.3. The van der Waals surface area contributed by atoms with Crippen molar-refractivity contribution < 1.29 is 85.4 Å². The Morgan fingerprint density at radius 2 is 0.944 bits per heavy atom. The Hall–Kier alpha value is -11.4. The van der Waals surface area contributed by atoms with Crippen LogP contribution < -0.4 is 37.0 Å². The molecule has 474 valence electrons. The predicted molar refractivity (Wildman–Crippen MR) is 317 cm³/mol. The lowest BCUT2D eigenvalue weighted by molar-refractivity contribution is -0.139. The van der Waals surface area contributed by atoms with Crippen LogP contribution in [0.15, 0.2) is 161 Å². The first-order chi connectivity index (χ1) is 42.9. The lowest BCUT2D eigenvalue weighted by Crippen LogP contribution is -2.33. The number of hydrogen-bond acceptors (Lipinski definition) is 20. The molecule has 0 unspecified atom stereocenters. The minimum Gasteiger partial charge on any atom is -0.503 e. The van der Waals surface area contributed by atoms with E-state index < -0.39 is 69.3 Å². The Morgan fingerprint density at radius 3 is 1.42 bits per heavy atom. The molecule has 2 aromatic carbocycles. The molecule has 0 saturated heterocycles. The maximum Gasteiger partial charge on any atom is 0.342 e. The third-order valence-corrected chi connectivity index (χ3v) is 12.6. The monoisotopic (exact) mass is 1250 g/mol. The first-order valence-electron chi connectivity index (χ1n) is 27.1. The quantitative estimate of drug-likeness (QED) is 0.0402. The van der Waals surface area contributed by atoms with Crippen molar-refractivity contribution in [2.45, 2.75) is 40.0 Å². The van der Waals surface area contributed by atoms with Gasteiger partial charge in [0.25, 0.3) is 28.1 Å². The van der Waals surface area contributed by atoms with Crippen LogP contribution in [-0.2, 0) is 57.8 Å². The van der Waals surface area contributed by atoms with Gasteiger partial charge in [-0.2, -0.15) is 0 Å². The van der Waals surface area contributed by atoms with E-state index in [1.165, 1.54) is 114 Å². The second-order valence-electron chi connectivity index (χ2n) is 18.7. The molecule has 5 N–H and O–H groups in total. The van der Waals surface area contributed by atoms with E-state index in [4.69, 9.17) is 28.2 Å². The van der Waals surface area contributed by atoms with Crippen molar-refractivity contribution in [2.75, 3.05) is 40.6 Å². The van der Waals surface area contributed by atoms with Crippen LogP contribution >= 0.6 is 0 Å². The molecule has 0 atom stereocenters. The molecule has 1 amide bonds. The number of aliphatic hydroxyl groups excluding tert-OH is 1. The molecule has 8 aromatic rings. The number of hydrogen-bond donors (Lipinski definition) is 5. The number of aliphatic hydroxyl groups is 1. The summed E-state index contributed by atoms with van der Waals surface area (Å²) in [6.07, 6.45) is 6.82. The molecule has 90 heavy (non-hydrogen) atoms. The number of methoxy groups -OCH3 is 2. The van der Waals surface area contributed by atoms with Crippen molar-refractivity contribution in [3.8, 4) is 23.0 Å². The number of H-pyrrole nitrogens is 1. The van der Waals surface area contributed by atoms with Crippen molar-refractivity contribution in [3.63, 3.8) is 0 Å². The number of amides is 1. The summed E-state index contributed by atoms with van der Waals surface area (Å²) in [6, 6.07) is 24.0. The van der Waals surface area contributed by atoms with Gasteiger partial charge in [0.15, 0.2) is 40.3 Å². The summed E-state index contributed by atoms with van der Waals surface area (Å²) in [7, 11) is 7.33. The SMILES string of the molecule is CCOC(=O)C1=C(O)C(=O)NCC1.CCOC(=O)c1cc[nH]c(=O)c1O.CCOC(=O)c1ccn(C)c(=O)c1OC.COc1c(C(=O)c2ccc(Cc3ccc(F)cc3)o2)ccn(C)c1=O.Cn1ccc(C(=O)c2ccc(Cc3ccc(F)cc3)o2)c(O)c1=O. The topological polar surface area (TPSA) is 346 Å². The number of carbonyl (C=O) groups excluding carboxylic acids is 6.